The standard InChI is InChI=1S/C14H20Cl2O2/c1-4-17-13-9-14(18-5-2)12(16)8-11(13)10(3)6-7-15/h8-10H,4-7H2,1-3H3. The molecule has 0 saturated carbocycles. The molecule has 1 rings (SSSR count). The maximum atomic E-state index is 6.21. The van der Waals surface area contributed by atoms with Gasteiger partial charge in [0.25, 0.3) is 0 Å². The highest BCUT2D eigenvalue weighted by Gasteiger charge is 2.15. The van der Waals surface area contributed by atoms with Crippen LogP contribution in [0, 0.1) is 0 Å². The van der Waals surface area contributed by atoms with Gasteiger partial charge in [0.1, 0.15) is 11.5 Å². The zero-order valence-electron chi connectivity index (χ0n) is 11.1. The number of hydrogen-bond donors (Lipinski definition) is 0. The summed E-state index contributed by atoms with van der Waals surface area (Å²) < 4.78 is 11.1. The van der Waals surface area contributed by atoms with Crippen LogP contribution in [0.3, 0.4) is 0 Å². The minimum atomic E-state index is 0.317. The van der Waals surface area contributed by atoms with E-state index in [1.807, 2.05) is 26.0 Å². The van der Waals surface area contributed by atoms with Crippen molar-refractivity contribution in [3.63, 3.8) is 0 Å². The predicted octanol–water partition coefficient (Wildman–Crippen LogP) is 4.87. The van der Waals surface area contributed by atoms with Gasteiger partial charge in [-0.2, -0.15) is 0 Å². The topological polar surface area (TPSA) is 18.5 Å². The van der Waals surface area contributed by atoms with Crippen molar-refractivity contribution in [1.82, 2.24) is 0 Å². The van der Waals surface area contributed by atoms with Gasteiger partial charge in [0.15, 0.2) is 0 Å². The summed E-state index contributed by atoms with van der Waals surface area (Å²) in [6.45, 7) is 7.22. The van der Waals surface area contributed by atoms with E-state index in [1.54, 1.807) is 0 Å². The Morgan fingerprint density at radius 1 is 1.11 bits per heavy atom. The molecular formula is C14H20Cl2O2. The van der Waals surface area contributed by atoms with E-state index in [-0.39, 0.29) is 0 Å². The Kier molecular flexibility index (Phi) is 6.66. The lowest BCUT2D eigenvalue weighted by molar-refractivity contribution is 0.319. The number of halogens is 2. The number of ether oxygens (including phenoxy) is 2. The normalized spacial score (nSPS) is 12.3. The van der Waals surface area contributed by atoms with Crippen LogP contribution >= 0.6 is 23.2 Å². The highest BCUT2D eigenvalue weighted by atomic mass is 35.5. The molecule has 0 amide bonds. The summed E-state index contributed by atoms with van der Waals surface area (Å²) in [5.41, 5.74) is 1.09. The maximum Gasteiger partial charge on any atom is 0.141 e. The number of hydrogen-bond acceptors (Lipinski definition) is 2. The van der Waals surface area contributed by atoms with Crippen LogP contribution in [0.1, 0.15) is 38.7 Å². The van der Waals surface area contributed by atoms with Crippen LogP contribution in [-0.2, 0) is 0 Å². The molecule has 18 heavy (non-hydrogen) atoms. The third-order valence-electron chi connectivity index (χ3n) is 2.74. The fourth-order valence-corrected chi connectivity index (χ4v) is 2.36. The molecule has 0 bridgehead atoms. The largest absolute Gasteiger partial charge is 0.493 e. The molecule has 0 aromatic heterocycles. The van der Waals surface area contributed by atoms with Gasteiger partial charge in [0, 0.05) is 11.9 Å². The van der Waals surface area contributed by atoms with Crippen molar-refractivity contribution in [1.29, 1.82) is 0 Å². The van der Waals surface area contributed by atoms with E-state index in [1.165, 1.54) is 0 Å². The zero-order valence-corrected chi connectivity index (χ0v) is 12.6. The van der Waals surface area contributed by atoms with Gasteiger partial charge in [-0.05, 0) is 37.8 Å². The fourth-order valence-electron chi connectivity index (χ4n) is 1.80. The monoisotopic (exact) mass is 290 g/mol. The quantitative estimate of drug-likeness (QED) is 0.667. The van der Waals surface area contributed by atoms with E-state index in [2.05, 4.69) is 6.92 Å². The molecule has 1 unspecified atom stereocenters. The molecule has 0 saturated heterocycles. The molecule has 0 aliphatic carbocycles. The maximum absolute atomic E-state index is 6.21. The summed E-state index contributed by atoms with van der Waals surface area (Å²) in [6.07, 6.45) is 0.895. The average molecular weight is 291 g/mol. The van der Waals surface area contributed by atoms with Gasteiger partial charge in [-0.3, -0.25) is 0 Å². The lowest BCUT2D eigenvalue weighted by Gasteiger charge is -2.18. The van der Waals surface area contributed by atoms with Crippen LogP contribution in [0.25, 0.3) is 0 Å². The van der Waals surface area contributed by atoms with E-state index in [4.69, 9.17) is 32.7 Å². The third kappa shape index (κ3) is 3.96. The molecule has 1 aromatic rings. The molecule has 0 heterocycles. The lowest BCUT2D eigenvalue weighted by atomic mass is 9.97. The summed E-state index contributed by atoms with van der Waals surface area (Å²) >= 11 is 12.0. The molecule has 0 aliphatic heterocycles. The van der Waals surface area contributed by atoms with E-state index in [0.717, 1.165) is 17.7 Å². The van der Waals surface area contributed by atoms with E-state index >= 15 is 0 Å². The third-order valence-corrected chi connectivity index (χ3v) is 3.25. The minimum Gasteiger partial charge on any atom is -0.493 e. The van der Waals surface area contributed by atoms with Crippen LogP contribution < -0.4 is 9.47 Å². The van der Waals surface area contributed by atoms with Gasteiger partial charge >= 0.3 is 0 Å². The lowest BCUT2D eigenvalue weighted by Crippen LogP contribution is -2.03. The van der Waals surface area contributed by atoms with Crippen LogP contribution in [0.4, 0.5) is 0 Å². The van der Waals surface area contributed by atoms with Crippen molar-refractivity contribution in [2.75, 3.05) is 19.1 Å². The average Bonchev–Trinajstić information content (AvgIpc) is 2.34. The smallest absolute Gasteiger partial charge is 0.141 e. The highest BCUT2D eigenvalue weighted by molar-refractivity contribution is 6.32. The van der Waals surface area contributed by atoms with Crippen molar-refractivity contribution < 1.29 is 9.47 Å². The van der Waals surface area contributed by atoms with Gasteiger partial charge in [-0.1, -0.05) is 18.5 Å². The van der Waals surface area contributed by atoms with Crippen LogP contribution in [0.2, 0.25) is 5.02 Å². The van der Waals surface area contributed by atoms with Gasteiger partial charge in [-0.15, -0.1) is 11.6 Å². The first-order valence-corrected chi connectivity index (χ1v) is 7.20. The molecule has 0 radical (unpaired) electrons. The van der Waals surface area contributed by atoms with Gasteiger partial charge in [0.2, 0.25) is 0 Å². The van der Waals surface area contributed by atoms with Crippen LogP contribution in [0.5, 0.6) is 11.5 Å². The zero-order chi connectivity index (χ0) is 13.5. The highest BCUT2D eigenvalue weighted by Crippen LogP contribution is 2.37. The molecule has 1 aromatic carbocycles. The van der Waals surface area contributed by atoms with Crippen molar-refractivity contribution in [2.24, 2.45) is 0 Å². The first-order valence-electron chi connectivity index (χ1n) is 6.29. The summed E-state index contributed by atoms with van der Waals surface area (Å²) in [5.74, 6) is 2.45. The summed E-state index contributed by atoms with van der Waals surface area (Å²) in [5, 5.41) is 0.622. The molecule has 0 aliphatic rings. The Hall–Kier alpha value is -0.600. The molecule has 1 atom stereocenters. The Morgan fingerprint density at radius 2 is 1.72 bits per heavy atom. The molecule has 2 nitrogen and oxygen atoms in total. The Morgan fingerprint density at radius 3 is 2.28 bits per heavy atom. The molecular weight excluding hydrogens is 271 g/mol. The Balaban J connectivity index is 3.10. The second-order valence-corrected chi connectivity index (χ2v) is 4.85. The molecule has 102 valence electrons. The van der Waals surface area contributed by atoms with Gasteiger partial charge in [-0.25, -0.2) is 0 Å². The summed E-state index contributed by atoms with van der Waals surface area (Å²) in [4.78, 5) is 0. The number of rotatable bonds is 7. The second kappa shape index (κ2) is 7.75. The summed E-state index contributed by atoms with van der Waals surface area (Å²) in [6, 6.07) is 3.80. The molecule has 0 spiro atoms. The second-order valence-electron chi connectivity index (χ2n) is 4.07. The first-order chi connectivity index (χ1) is 8.63. The van der Waals surface area contributed by atoms with Crippen LogP contribution in [-0.4, -0.2) is 19.1 Å². The molecule has 0 fully saturated rings. The number of benzene rings is 1. The van der Waals surface area contributed by atoms with Crippen molar-refractivity contribution in [3.05, 3.63) is 22.7 Å². The van der Waals surface area contributed by atoms with Gasteiger partial charge in [0.05, 0.1) is 18.2 Å². The van der Waals surface area contributed by atoms with E-state index < -0.39 is 0 Å². The summed E-state index contributed by atoms with van der Waals surface area (Å²) in [7, 11) is 0. The van der Waals surface area contributed by atoms with Crippen molar-refractivity contribution in [3.8, 4) is 11.5 Å². The first kappa shape index (κ1) is 15.5. The van der Waals surface area contributed by atoms with Crippen molar-refractivity contribution >= 4 is 23.2 Å². The number of alkyl halides is 1. The van der Waals surface area contributed by atoms with Crippen molar-refractivity contribution in [2.45, 2.75) is 33.1 Å². The Bertz CT molecular complexity index is 380. The molecule has 4 heteroatoms. The van der Waals surface area contributed by atoms with Crippen LogP contribution in [0.15, 0.2) is 12.1 Å². The Labute approximate surface area is 119 Å². The molecule has 0 N–H and O–H groups in total. The predicted molar refractivity (Wildman–Crippen MR) is 77.5 cm³/mol. The SMILES string of the molecule is CCOc1cc(OCC)c(C(C)CCCl)cc1Cl. The van der Waals surface area contributed by atoms with E-state index in [9.17, 15) is 0 Å². The van der Waals surface area contributed by atoms with Gasteiger partial charge < -0.3 is 9.47 Å². The minimum absolute atomic E-state index is 0.317. The van der Waals surface area contributed by atoms with E-state index in [0.29, 0.717) is 35.8 Å². The fraction of sp³-hybridized carbons (Fsp3) is 0.571.